The zero-order valence-electron chi connectivity index (χ0n) is 17.4. The third-order valence-electron chi connectivity index (χ3n) is 6.33. The summed E-state index contributed by atoms with van der Waals surface area (Å²) in [6, 6.07) is 14.9. The number of aryl methyl sites for hydroxylation is 1. The van der Waals surface area contributed by atoms with Gasteiger partial charge in [0.15, 0.2) is 0 Å². The monoisotopic (exact) mass is 405 g/mol. The number of carbonyl (C=O) groups excluding carboxylic acids is 3. The maximum Gasteiger partial charge on any atom is 0.325 e. The number of carbonyl (C=O) groups is 3. The van der Waals surface area contributed by atoms with Crippen molar-refractivity contribution in [3.05, 3.63) is 65.2 Å². The van der Waals surface area contributed by atoms with Crippen LogP contribution in [0.4, 0.5) is 10.5 Å². The molecule has 2 aromatic rings. The Morgan fingerprint density at radius 1 is 1.17 bits per heavy atom. The van der Waals surface area contributed by atoms with Crippen molar-refractivity contribution in [1.82, 2.24) is 10.2 Å². The molecule has 2 aliphatic rings. The summed E-state index contributed by atoms with van der Waals surface area (Å²) in [5, 5.41) is 5.78. The Bertz CT molecular complexity index is 1000. The second-order valence-electron chi connectivity index (χ2n) is 8.18. The van der Waals surface area contributed by atoms with Crippen molar-refractivity contribution in [3.63, 3.8) is 0 Å². The predicted molar refractivity (Wildman–Crippen MR) is 115 cm³/mol. The smallest absolute Gasteiger partial charge is 0.324 e. The highest BCUT2D eigenvalue weighted by atomic mass is 16.2. The van der Waals surface area contributed by atoms with Crippen LogP contribution < -0.4 is 10.6 Å². The van der Waals surface area contributed by atoms with Gasteiger partial charge < -0.3 is 10.6 Å². The van der Waals surface area contributed by atoms with Crippen molar-refractivity contribution in [1.29, 1.82) is 0 Å². The molecule has 0 radical (unpaired) electrons. The molecule has 1 fully saturated rings. The molecule has 6 nitrogen and oxygen atoms in total. The summed E-state index contributed by atoms with van der Waals surface area (Å²) in [6.07, 6.45) is 3.19. The lowest BCUT2D eigenvalue weighted by Crippen LogP contribution is -2.47. The van der Waals surface area contributed by atoms with Gasteiger partial charge in [-0.25, -0.2) is 4.79 Å². The number of urea groups is 1. The molecule has 0 bridgehead atoms. The van der Waals surface area contributed by atoms with E-state index in [1.54, 1.807) is 0 Å². The molecular formula is C24H27N3O3. The van der Waals surface area contributed by atoms with E-state index in [-0.39, 0.29) is 18.4 Å². The van der Waals surface area contributed by atoms with Crippen molar-refractivity contribution in [2.75, 3.05) is 11.9 Å². The summed E-state index contributed by atoms with van der Waals surface area (Å²) < 4.78 is 0. The lowest BCUT2D eigenvalue weighted by atomic mass is 9.76. The average Bonchev–Trinajstić information content (AvgIpc) is 2.98. The van der Waals surface area contributed by atoms with E-state index >= 15 is 0 Å². The minimum absolute atomic E-state index is 0.292. The normalized spacial score (nSPS) is 21.3. The van der Waals surface area contributed by atoms with E-state index in [2.05, 4.69) is 24.5 Å². The molecular weight excluding hydrogens is 378 g/mol. The molecule has 0 aromatic heterocycles. The van der Waals surface area contributed by atoms with E-state index in [4.69, 9.17) is 0 Å². The minimum atomic E-state index is -1.05. The van der Waals surface area contributed by atoms with Crippen LogP contribution in [0.1, 0.15) is 55.7 Å². The maximum atomic E-state index is 13.3. The SMILES string of the molecule is CC[C@@H](C)c1ccccc1NC(=O)CN1C(=O)N[C@@]2(CCCc3ccccc32)C1=O. The molecule has 1 saturated heterocycles. The standard InChI is InChI=1S/C24H27N3O3/c1-3-16(2)18-11-5-7-13-20(18)25-21(28)15-27-22(29)24(26-23(27)30)14-8-10-17-9-4-6-12-19(17)24/h4-7,9,11-13,16H,3,8,10,14-15H2,1-2H3,(H,25,28)(H,26,30)/t16-,24-/m1/s1. The molecule has 4 rings (SSSR count). The summed E-state index contributed by atoms with van der Waals surface area (Å²) >= 11 is 0. The van der Waals surface area contributed by atoms with Crippen LogP contribution in [0, 0.1) is 0 Å². The highest BCUT2D eigenvalue weighted by Gasteiger charge is 2.54. The number of para-hydroxylation sites is 1. The van der Waals surface area contributed by atoms with Crippen molar-refractivity contribution in [2.45, 2.75) is 51.0 Å². The van der Waals surface area contributed by atoms with Crippen LogP contribution in [0.5, 0.6) is 0 Å². The number of nitrogens with zero attached hydrogens (tertiary/aromatic N) is 1. The number of benzene rings is 2. The van der Waals surface area contributed by atoms with Gasteiger partial charge in [-0.05, 0) is 54.4 Å². The molecule has 156 valence electrons. The van der Waals surface area contributed by atoms with E-state index in [0.29, 0.717) is 12.3 Å². The first-order chi connectivity index (χ1) is 14.5. The number of hydrogen-bond acceptors (Lipinski definition) is 3. The van der Waals surface area contributed by atoms with Gasteiger partial charge in [0.1, 0.15) is 12.1 Å². The molecule has 6 heteroatoms. The number of nitrogens with one attached hydrogen (secondary N) is 2. The highest BCUT2D eigenvalue weighted by Crippen LogP contribution is 2.39. The van der Waals surface area contributed by atoms with Gasteiger partial charge >= 0.3 is 6.03 Å². The Morgan fingerprint density at radius 2 is 1.90 bits per heavy atom. The van der Waals surface area contributed by atoms with Crippen molar-refractivity contribution < 1.29 is 14.4 Å². The maximum absolute atomic E-state index is 13.3. The molecule has 0 saturated carbocycles. The van der Waals surface area contributed by atoms with Crippen LogP contribution in [-0.4, -0.2) is 29.3 Å². The van der Waals surface area contributed by atoms with Gasteiger partial charge in [0.2, 0.25) is 5.91 Å². The van der Waals surface area contributed by atoms with Crippen LogP contribution in [-0.2, 0) is 21.5 Å². The molecule has 1 spiro atoms. The zero-order valence-corrected chi connectivity index (χ0v) is 17.4. The van der Waals surface area contributed by atoms with E-state index in [1.807, 2.05) is 48.5 Å². The Kier molecular flexibility index (Phi) is 5.33. The first-order valence-corrected chi connectivity index (χ1v) is 10.6. The van der Waals surface area contributed by atoms with E-state index in [9.17, 15) is 14.4 Å². The third-order valence-corrected chi connectivity index (χ3v) is 6.33. The zero-order chi connectivity index (χ0) is 21.3. The molecule has 1 aliphatic heterocycles. The summed E-state index contributed by atoms with van der Waals surface area (Å²) in [7, 11) is 0. The molecule has 30 heavy (non-hydrogen) atoms. The average molecular weight is 405 g/mol. The lowest BCUT2D eigenvalue weighted by molar-refractivity contribution is -0.134. The molecule has 2 aromatic carbocycles. The molecule has 1 heterocycles. The molecule has 4 amide bonds. The van der Waals surface area contributed by atoms with E-state index in [0.717, 1.165) is 46.5 Å². The predicted octanol–water partition coefficient (Wildman–Crippen LogP) is 3.92. The number of hydrogen-bond donors (Lipinski definition) is 2. The molecule has 2 atom stereocenters. The lowest BCUT2D eigenvalue weighted by Gasteiger charge is -2.33. The van der Waals surface area contributed by atoms with Crippen molar-refractivity contribution >= 4 is 23.5 Å². The fourth-order valence-corrected chi connectivity index (χ4v) is 4.55. The van der Waals surface area contributed by atoms with Gasteiger partial charge in [-0.1, -0.05) is 56.3 Å². The van der Waals surface area contributed by atoms with Crippen LogP contribution in [0.3, 0.4) is 0 Å². The quantitative estimate of drug-likeness (QED) is 0.740. The Labute approximate surface area is 176 Å². The molecule has 0 unspecified atom stereocenters. The summed E-state index contributed by atoms with van der Waals surface area (Å²) in [5.74, 6) is -0.430. The van der Waals surface area contributed by atoms with Crippen LogP contribution in [0.25, 0.3) is 0 Å². The summed E-state index contributed by atoms with van der Waals surface area (Å²) in [5.41, 5.74) is 2.64. The van der Waals surface area contributed by atoms with Crippen molar-refractivity contribution in [3.8, 4) is 0 Å². The summed E-state index contributed by atoms with van der Waals surface area (Å²) in [4.78, 5) is 39.8. The Balaban J connectivity index is 1.54. The second-order valence-corrected chi connectivity index (χ2v) is 8.18. The topological polar surface area (TPSA) is 78.5 Å². The van der Waals surface area contributed by atoms with Gasteiger partial charge in [0.25, 0.3) is 5.91 Å². The van der Waals surface area contributed by atoms with Gasteiger partial charge in [-0.3, -0.25) is 14.5 Å². The Hall–Kier alpha value is -3.15. The van der Waals surface area contributed by atoms with Crippen LogP contribution >= 0.6 is 0 Å². The highest BCUT2D eigenvalue weighted by molar-refractivity contribution is 6.10. The first-order valence-electron chi connectivity index (χ1n) is 10.6. The van der Waals surface area contributed by atoms with Gasteiger partial charge in [0.05, 0.1) is 0 Å². The number of rotatable bonds is 5. The number of imide groups is 1. The fourth-order valence-electron chi connectivity index (χ4n) is 4.55. The number of fused-ring (bicyclic) bond motifs is 2. The second kappa shape index (κ2) is 7.94. The van der Waals surface area contributed by atoms with Gasteiger partial charge in [0, 0.05) is 5.69 Å². The van der Waals surface area contributed by atoms with Crippen LogP contribution in [0.2, 0.25) is 0 Å². The van der Waals surface area contributed by atoms with Gasteiger partial charge in [-0.2, -0.15) is 0 Å². The fraction of sp³-hybridized carbons (Fsp3) is 0.375. The van der Waals surface area contributed by atoms with Crippen LogP contribution in [0.15, 0.2) is 48.5 Å². The van der Waals surface area contributed by atoms with E-state index in [1.165, 1.54) is 0 Å². The Morgan fingerprint density at radius 3 is 2.70 bits per heavy atom. The van der Waals surface area contributed by atoms with Crippen molar-refractivity contribution in [2.24, 2.45) is 0 Å². The third kappa shape index (κ3) is 3.36. The molecule has 2 N–H and O–H groups in total. The number of anilines is 1. The minimum Gasteiger partial charge on any atom is -0.324 e. The number of amides is 4. The van der Waals surface area contributed by atoms with E-state index < -0.39 is 11.6 Å². The molecule has 1 aliphatic carbocycles. The first kappa shape index (κ1) is 20.1. The summed E-state index contributed by atoms with van der Waals surface area (Å²) in [6.45, 7) is 3.90. The van der Waals surface area contributed by atoms with Gasteiger partial charge in [-0.15, -0.1) is 0 Å². The largest absolute Gasteiger partial charge is 0.325 e.